The van der Waals surface area contributed by atoms with E-state index in [-0.39, 0.29) is 34.5 Å². The van der Waals surface area contributed by atoms with Gasteiger partial charge in [-0.2, -0.15) is 0 Å². The summed E-state index contributed by atoms with van der Waals surface area (Å²) in [6.07, 6.45) is 1.81. The Balaban J connectivity index is 0.00000364. The van der Waals surface area contributed by atoms with Crippen LogP contribution in [0.4, 0.5) is 5.69 Å². The summed E-state index contributed by atoms with van der Waals surface area (Å²) in [6.45, 7) is 4.45. The highest BCUT2D eigenvalue weighted by atomic mass is 35.5. The standard InChI is InChI=1S/C18H25N3O3S2.ClH/c1-3-18(19,4-2)13-20-16(22)12-14-7-9-15(10-8-14)21-26(23,24)17-6-5-11-25-17;/h5-11,21H,3-4,12-13,19H2,1-2H3,(H,20,22);1H. The number of carbonyl (C=O) groups is 1. The lowest BCUT2D eigenvalue weighted by atomic mass is 9.94. The molecule has 2 rings (SSSR count). The number of amides is 1. The van der Waals surface area contributed by atoms with E-state index in [1.807, 2.05) is 13.8 Å². The molecule has 0 atom stereocenters. The molecule has 1 heterocycles. The van der Waals surface area contributed by atoms with Crippen LogP contribution in [-0.4, -0.2) is 26.4 Å². The first-order valence-corrected chi connectivity index (χ1v) is 10.8. The molecule has 150 valence electrons. The number of hydrogen-bond donors (Lipinski definition) is 3. The maximum absolute atomic E-state index is 12.2. The minimum absolute atomic E-state index is 0. The summed E-state index contributed by atoms with van der Waals surface area (Å²) in [5, 5.41) is 4.58. The largest absolute Gasteiger partial charge is 0.354 e. The summed E-state index contributed by atoms with van der Waals surface area (Å²) < 4.78 is 27.2. The second-order valence-electron chi connectivity index (χ2n) is 6.26. The molecule has 0 spiro atoms. The number of hydrogen-bond acceptors (Lipinski definition) is 5. The van der Waals surface area contributed by atoms with Crippen LogP contribution in [-0.2, 0) is 21.2 Å². The minimum Gasteiger partial charge on any atom is -0.354 e. The van der Waals surface area contributed by atoms with Crippen LogP contribution in [0.5, 0.6) is 0 Å². The number of anilines is 1. The Labute approximate surface area is 171 Å². The Bertz CT molecular complexity index is 818. The van der Waals surface area contributed by atoms with Crippen LogP contribution in [0.15, 0.2) is 46.0 Å². The maximum atomic E-state index is 12.2. The molecular weight excluding hydrogens is 406 g/mol. The molecule has 6 nitrogen and oxygen atoms in total. The van der Waals surface area contributed by atoms with Crippen molar-refractivity contribution in [2.75, 3.05) is 11.3 Å². The molecule has 0 radical (unpaired) electrons. The van der Waals surface area contributed by atoms with Crippen LogP contribution >= 0.6 is 23.7 Å². The quantitative estimate of drug-likeness (QED) is 0.567. The molecule has 27 heavy (non-hydrogen) atoms. The Morgan fingerprint density at radius 1 is 1.15 bits per heavy atom. The molecule has 2 aromatic rings. The van der Waals surface area contributed by atoms with Gasteiger partial charge in [0.1, 0.15) is 4.21 Å². The van der Waals surface area contributed by atoms with Crippen molar-refractivity contribution in [2.45, 2.75) is 42.9 Å². The lowest BCUT2D eigenvalue weighted by Crippen LogP contribution is -2.49. The molecule has 0 unspecified atom stereocenters. The molecule has 1 aromatic carbocycles. The van der Waals surface area contributed by atoms with E-state index in [9.17, 15) is 13.2 Å². The molecule has 1 aromatic heterocycles. The number of halogens is 1. The number of nitrogens with two attached hydrogens (primary N) is 1. The first-order chi connectivity index (χ1) is 12.3. The van der Waals surface area contributed by atoms with Crippen LogP contribution in [0.3, 0.4) is 0 Å². The van der Waals surface area contributed by atoms with Crippen LogP contribution in [0.2, 0.25) is 0 Å². The number of benzene rings is 1. The Kier molecular flexibility index (Phi) is 8.74. The van der Waals surface area contributed by atoms with Crippen molar-refractivity contribution in [3.05, 3.63) is 47.3 Å². The smallest absolute Gasteiger partial charge is 0.271 e. The third-order valence-corrected chi connectivity index (χ3v) is 7.16. The zero-order valence-corrected chi connectivity index (χ0v) is 17.8. The van der Waals surface area contributed by atoms with Gasteiger partial charge in [0.2, 0.25) is 5.91 Å². The van der Waals surface area contributed by atoms with Gasteiger partial charge < -0.3 is 11.1 Å². The van der Waals surface area contributed by atoms with Gasteiger partial charge in [-0.25, -0.2) is 8.42 Å². The zero-order chi connectivity index (χ0) is 19.2. The van der Waals surface area contributed by atoms with Gasteiger partial charge >= 0.3 is 0 Å². The number of nitrogens with one attached hydrogen (secondary N) is 2. The highest BCUT2D eigenvalue weighted by Gasteiger charge is 2.21. The van der Waals surface area contributed by atoms with Crippen molar-refractivity contribution < 1.29 is 13.2 Å². The Morgan fingerprint density at radius 3 is 2.30 bits per heavy atom. The van der Waals surface area contributed by atoms with E-state index < -0.39 is 10.0 Å². The average Bonchev–Trinajstić information content (AvgIpc) is 3.17. The van der Waals surface area contributed by atoms with E-state index in [0.717, 1.165) is 29.7 Å². The molecule has 9 heteroatoms. The van der Waals surface area contributed by atoms with Crippen LogP contribution < -0.4 is 15.8 Å². The SMILES string of the molecule is CCC(N)(CC)CNC(=O)Cc1ccc(NS(=O)(=O)c2cccs2)cc1.Cl. The molecule has 0 aliphatic heterocycles. The lowest BCUT2D eigenvalue weighted by molar-refractivity contribution is -0.120. The fourth-order valence-electron chi connectivity index (χ4n) is 2.33. The van der Waals surface area contributed by atoms with Gasteiger partial charge in [-0.05, 0) is 42.0 Å². The third kappa shape index (κ3) is 6.80. The second-order valence-corrected chi connectivity index (χ2v) is 9.11. The molecule has 4 N–H and O–H groups in total. The number of thiophene rings is 1. The first-order valence-electron chi connectivity index (χ1n) is 8.49. The van der Waals surface area contributed by atoms with Crippen molar-refractivity contribution in [3.63, 3.8) is 0 Å². The maximum Gasteiger partial charge on any atom is 0.271 e. The number of carbonyl (C=O) groups excluding carboxylic acids is 1. The average molecular weight is 432 g/mol. The molecule has 0 fully saturated rings. The van der Waals surface area contributed by atoms with E-state index in [2.05, 4.69) is 10.0 Å². The monoisotopic (exact) mass is 431 g/mol. The Hall–Kier alpha value is -1.61. The molecule has 0 aliphatic rings. The van der Waals surface area contributed by atoms with Crippen molar-refractivity contribution in [1.29, 1.82) is 0 Å². The van der Waals surface area contributed by atoms with Gasteiger partial charge in [-0.1, -0.05) is 32.0 Å². The fourth-order valence-corrected chi connectivity index (χ4v) is 4.39. The lowest BCUT2D eigenvalue weighted by Gasteiger charge is -2.26. The van der Waals surface area contributed by atoms with Gasteiger partial charge in [-0.3, -0.25) is 9.52 Å². The summed E-state index contributed by atoms with van der Waals surface area (Å²) >= 11 is 1.16. The van der Waals surface area contributed by atoms with E-state index in [1.165, 1.54) is 0 Å². The van der Waals surface area contributed by atoms with Crippen molar-refractivity contribution in [1.82, 2.24) is 5.32 Å². The van der Waals surface area contributed by atoms with Gasteiger partial charge in [0.15, 0.2) is 0 Å². The van der Waals surface area contributed by atoms with E-state index in [1.54, 1.807) is 41.8 Å². The van der Waals surface area contributed by atoms with Gasteiger partial charge in [0, 0.05) is 17.8 Å². The fraction of sp³-hybridized carbons (Fsp3) is 0.389. The van der Waals surface area contributed by atoms with Crippen molar-refractivity contribution >= 4 is 45.4 Å². The van der Waals surface area contributed by atoms with E-state index in [0.29, 0.717) is 12.2 Å². The molecule has 0 bridgehead atoms. The van der Waals surface area contributed by atoms with Gasteiger partial charge in [0.05, 0.1) is 6.42 Å². The molecule has 0 saturated heterocycles. The number of rotatable bonds is 9. The summed E-state index contributed by atoms with van der Waals surface area (Å²) in [6, 6.07) is 10.0. The second kappa shape index (κ2) is 10.1. The predicted octanol–water partition coefficient (Wildman–Crippen LogP) is 3.15. The van der Waals surface area contributed by atoms with Gasteiger partial charge in [0.25, 0.3) is 10.0 Å². The summed E-state index contributed by atoms with van der Waals surface area (Å²) in [5.41, 5.74) is 7.06. The topological polar surface area (TPSA) is 101 Å². The van der Waals surface area contributed by atoms with Gasteiger partial charge in [-0.15, -0.1) is 23.7 Å². The zero-order valence-electron chi connectivity index (χ0n) is 15.4. The highest BCUT2D eigenvalue weighted by Crippen LogP contribution is 2.20. The summed E-state index contributed by atoms with van der Waals surface area (Å²) in [7, 11) is -3.56. The van der Waals surface area contributed by atoms with Crippen molar-refractivity contribution in [2.24, 2.45) is 5.73 Å². The molecule has 1 amide bonds. The van der Waals surface area contributed by atoms with Crippen LogP contribution in [0.25, 0.3) is 0 Å². The van der Waals surface area contributed by atoms with E-state index >= 15 is 0 Å². The van der Waals surface area contributed by atoms with Crippen LogP contribution in [0, 0.1) is 0 Å². The van der Waals surface area contributed by atoms with Crippen molar-refractivity contribution in [3.8, 4) is 0 Å². The predicted molar refractivity (Wildman–Crippen MR) is 113 cm³/mol. The summed E-state index contributed by atoms with van der Waals surface area (Å²) in [5.74, 6) is -0.103. The number of sulfonamides is 1. The molecule has 0 saturated carbocycles. The molecule has 0 aliphatic carbocycles. The minimum atomic E-state index is -3.56. The first kappa shape index (κ1) is 23.4. The Morgan fingerprint density at radius 2 is 1.78 bits per heavy atom. The third-order valence-electron chi connectivity index (χ3n) is 4.38. The van der Waals surface area contributed by atoms with Crippen LogP contribution in [0.1, 0.15) is 32.3 Å². The van der Waals surface area contributed by atoms with E-state index in [4.69, 9.17) is 5.73 Å². The highest BCUT2D eigenvalue weighted by molar-refractivity contribution is 7.94. The summed E-state index contributed by atoms with van der Waals surface area (Å²) in [4.78, 5) is 12.1. The molecular formula is C18H26ClN3O3S2. The normalized spacial score (nSPS) is 11.5.